The van der Waals surface area contributed by atoms with Gasteiger partial charge in [0.15, 0.2) is 5.97 Å². The van der Waals surface area contributed by atoms with Crippen molar-refractivity contribution in [3.63, 3.8) is 0 Å². The quantitative estimate of drug-likeness (QED) is 0.0489. The summed E-state index contributed by atoms with van der Waals surface area (Å²) in [6.45, 7) is 16.4. The van der Waals surface area contributed by atoms with E-state index in [0.29, 0.717) is 31.8 Å². The van der Waals surface area contributed by atoms with Gasteiger partial charge >= 0.3 is 0 Å². The van der Waals surface area contributed by atoms with Gasteiger partial charge < -0.3 is 15.2 Å². The number of hydrogen-bond donors (Lipinski definition) is 2. The number of aromatic hydroxyl groups is 1. The smallest absolute Gasteiger partial charge is 0.292 e. The second-order valence-electron chi connectivity index (χ2n) is 9.20. The molecule has 0 spiro atoms. The van der Waals surface area contributed by atoms with E-state index in [1.54, 1.807) is 18.2 Å². The number of carbonyl (C=O) groups is 2. The second-order valence-corrected chi connectivity index (χ2v) is 9.20. The Morgan fingerprint density at radius 3 is 2.27 bits per heavy atom. The van der Waals surface area contributed by atoms with Crippen molar-refractivity contribution in [1.29, 1.82) is 0 Å². The molecule has 0 aliphatic carbocycles. The molecular formula is C37H53FN2O4. The lowest BCUT2D eigenvalue weighted by molar-refractivity contribution is -0.126. The summed E-state index contributed by atoms with van der Waals surface area (Å²) in [4.78, 5) is 24.8. The maximum absolute atomic E-state index is 12.7. The largest absolute Gasteiger partial charge is 0.508 e. The molecule has 44 heavy (non-hydrogen) atoms. The van der Waals surface area contributed by atoms with Gasteiger partial charge in [0.25, 0.3) is 6.47 Å². The average Bonchev–Trinajstić information content (AvgIpc) is 3.02. The van der Waals surface area contributed by atoms with Crippen LogP contribution in [0, 0.1) is 18.8 Å². The van der Waals surface area contributed by atoms with E-state index in [1.165, 1.54) is 25.8 Å². The van der Waals surface area contributed by atoms with E-state index in [2.05, 4.69) is 41.4 Å². The number of nitrogens with zero attached hydrogens (tertiary/aromatic N) is 1. The van der Waals surface area contributed by atoms with Crippen LogP contribution in [0.5, 0.6) is 5.75 Å². The number of halogens is 1. The molecule has 0 radical (unpaired) electrons. The molecule has 7 heteroatoms. The van der Waals surface area contributed by atoms with Crippen molar-refractivity contribution in [1.82, 2.24) is 5.32 Å². The minimum atomic E-state index is -0.467. The van der Waals surface area contributed by atoms with Crippen molar-refractivity contribution in [2.24, 2.45) is 10.9 Å². The van der Waals surface area contributed by atoms with Gasteiger partial charge in [0, 0.05) is 26.1 Å². The molecule has 242 valence electrons. The molecule has 0 bridgehead atoms. The molecule has 0 fully saturated rings. The van der Waals surface area contributed by atoms with E-state index >= 15 is 0 Å². The van der Waals surface area contributed by atoms with Gasteiger partial charge in [0.2, 0.25) is 5.91 Å². The van der Waals surface area contributed by atoms with Crippen LogP contribution in [-0.2, 0) is 14.3 Å². The number of methoxy groups -OCH3 is 1. The number of rotatable bonds is 16. The number of ether oxygens (including phenoxy) is 1. The first-order valence-corrected chi connectivity index (χ1v) is 14.7. The number of aliphatic imine (C=N–C) groups is 1. The molecule has 1 unspecified atom stereocenters. The van der Waals surface area contributed by atoms with Crippen molar-refractivity contribution in [3.05, 3.63) is 96.3 Å². The fraction of sp³-hybridized carbons (Fsp3) is 0.378. The number of amides is 1. The van der Waals surface area contributed by atoms with Crippen LogP contribution in [0.15, 0.2) is 95.7 Å². The first kappa shape index (κ1) is 44.0. The monoisotopic (exact) mass is 608 g/mol. The SMILES string of the molecule is C#C.C=C(C)CC(CCCNC(=O)CC/C=C/C=C(\C=C/C)c1ccc(O)cc1)/C(C)=C/C=C\N=C(C)F.CC.COC=O. The molecule has 0 heterocycles. The molecule has 1 aromatic rings. The Labute approximate surface area is 265 Å². The predicted molar refractivity (Wildman–Crippen MR) is 186 cm³/mol. The maximum atomic E-state index is 12.7. The third kappa shape index (κ3) is 26.5. The molecule has 0 saturated carbocycles. The van der Waals surface area contributed by atoms with Crippen LogP contribution < -0.4 is 5.32 Å². The summed E-state index contributed by atoms with van der Waals surface area (Å²) in [7, 11) is 1.31. The molecule has 1 atom stereocenters. The number of nitrogens with one attached hydrogen (secondary N) is 1. The summed E-state index contributed by atoms with van der Waals surface area (Å²) in [5, 5.41) is 12.5. The van der Waals surface area contributed by atoms with Crippen molar-refractivity contribution in [2.45, 2.75) is 73.6 Å². The Morgan fingerprint density at radius 2 is 1.75 bits per heavy atom. The molecular weight excluding hydrogens is 555 g/mol. The van der Waals surface area contributed by atoms with Crippen LogP contribution in [0.3, 0.4) is 0 Å². The summed E-state index contributed by atoms with van der Waals surface area (Å²) in [5.74, 6) is 0.146. The fourth-order valence-electron chi connectivity index (χ4n) is 3.62. The zero-order valence-corrected chi connectivity index (χ0v) is 27.7. The zero-order chi connectivity index (χ0) is 34.2. The minimum Gasteiger partial charge on any atom is -0.508 e. The van der Waals surface area contributed by atoms with Crippen LogP contribution in [0.25, 0.3) is 5.57 Å². The van der Waals surface area contributed by atoms with Gasteiger partial charge in [-0.05, 0) is 81.7 Å². The minimum absolute atomic E-state index is 0.0435. The van der Waals surface area contributed by atoms with Gasteiger partial charge in [-0.3, -0.25) is 9.59 Å². The number of phenols is 1. The van der Waals surface area contributed by atoms with Crippen LogP contribution in [0.1, 0.15) is 79.2 Å². The lowest BCUT2D eigenvalue weighted by Gasteiger charge is -2.18. The lowest BCUT2D eigenvalue weighted by Crippen LogP contribution is -2.24. The highest BCUT2D eigenvalue weighted by Crippen LogP contribution is 2.24. The van der Waals surface area contributed by atoms with Crippen molar-refractivity contribution in [2.75, 3.05) is 13.7 Å². The van der Waals surface area contributed by atoms with E-state index in [-0.39, 0.29) is 11.7 Å². The zero-order valence-electron chi connectivity index (χ0n) is 27.7. The Hall–Kier alpha value is -4.44. The molecule has 1 rings (SSSR count). The Balaban J connectivity index is -0.00000190. The molecule has 0 aliphatic rings. The van der Waals surface area contributed by atoms with Crippen molar-refractivity contribution in [3.8, 4) is 18.6 Å². The molecule has 0 saturated heterocycles. The van der Waals surface area contributed by atoms with E-state index in [1.807, 2.05) is 76.3 Å². The normalized spacial score (nSPS) is 12.3. The van der Waals surface area contributed by atoms with Gasteiger partial charge in [-0.1, -0.05) is 73.6 Å². The summed E-state index contributed by atoms with van der Waals surface area (Å²) in [6.07, 6.45) is 26.9. The van der Waals surface area contributed by atoms with Crippen LogP contribution in [0.4, 0.5) is 4.39 Å². The molecule has 6 nitrogen and oxygen atoms in total. The van der Waals surface area contributed by atoms with Crippen LogP contribution in [-0.4, -0.2) is 37.1 Å². The average molecular weight is 609 g/mol. The summed E-state index contributed by atoms with van der Waals surface area (Å²) in [6, 6.07) is 7.08. The second kappa shape index (κ2) is 31.5. The van der Waals surface area contributed by atoms with Gasteiger partial charge in [0.05, 0.1) is 7.11 Å². The van der Waals surface area contributed by atoms with Gasteiger partial charge in [-0.15, -0.1) is 19.4 Å². The topological polar surface area (TPSA) is 88.0 Å². The maximum Gasteiger partial charge on any atom is 0.292 e. The Kier molecular flexibility index (Phi) is 31.5. The number of allylic oxidation sites excluding steroid dienone is 10. The highest BCUT2D eigenvalue weighted by Gasteiger charge is 2.11. The predicted octanol–water partition coefficient (Wildman–Crippen LogP) is 9.08. The van der Waals surface area contributed by atoms with Crippen molar-refractivity contribution >= 4 is 23.9 Å². The lowest BCUT2D eigenvalue weighted by atomic mass is 9.89. The molecule has 0 aromatic heterocycles. The fourth-order valence-corrected chi connectivity index (χ4v) is 3.62. The van der Waals surface area contributed by atoms with Gasteiger partial charge in [0.1, 0.15) is 5.75 Å². The summed E-state index contributed by atoms with van der Waals surface area (Å²) in [5.41, 5.74) is 4.35. The molecule has 1 amide bonds. The number of hydrogen-bond acceptors (Lipinski definition) is 5. The van der Waals surface area contributed by atoms with Gasteiger partial charge in [-0.25, -0.2) is 4.99 Å². The molecule has 2 N–H and O–H groups in total. The molecule has 1 aromatic carbocycles. The third-order valence-electron chi connectivity index (χ3n) is 5.58. The van der Waals surface area contributed by atoms with E-state index in [9.17, 15) is 14.3 Å². The Morgan fingerprint density at radius 1 is 1.14 bits per heavy atom. The van der Waals surface area contributed by atoms with E-state index in [0.717, 1.165) is 36.0 Å². The first-order valence-electron chi connectivity index (χ1n) is 14.7. The molecule has 0 aliphatic heterocycles. The summed E-state index contributed by atoms with van der Waals surface area (Å²) >= 11 is 0. The first-order chi connectivity index (χ1) is 21.1. The standard InChI is InChI=1S/C31H41FN2O2.C2H4O2.C2H6.C2H2/c1-6-12-27(28-17-19-30(35)20-18-28)14-8-7-9-16-31(36)34-22-11-15-29(23-24(2)3)25(4)13-10-21-33-26(5)32;1-4-2-3;2*1-2/h6-8,10,12-14,17-21,29,35H,2,9,11,15-16,22-23H2,1,3-5H3,(H,34,36);2H,1H3;1-2H3;1-2H/b8-7+,12-6-,21-10-,25-13+,27-14+,33-26?;;;. The Bertz CT molecular complexity index is 1120. The van der Waals surface area contributed by atoms with Gasteiger partial charge in [-0.2, -0.15) is 4.39 Å². The number of benzene rings is 1. The van der Waals surface area contributed by atoms with E-state index < -0.39 is 5.97 Å². The van der Waals surface area contributed by atoms with Crippen LogP contribution >= 0.6 is 0 Å². The number of terminal acetylenes is 1. The highest BCUT2D eigenvalue weighted by molar-refractivity contribution is 5.76. The van der Waals surface area contributed by atoms with Crippen LogP contribution in [0.2, 0.25) is 0 Å². The number of carbonyl (C=O) groups excluding carboxylic acids is 2. The third-order valence-corrected chi connectivity index (χ3v) is 5.58. The van der Waals surface area contributed by atoms with Crippen molar-refractivity contribution < 1.29 is 23.8 Å². The van der Waals surface area contributed by atoms with E-state index in [4.69, 9.17) is 4.79 Å². The number of phenolic OH excluding ortho intramolecular Hbond substituents is 1. The highest BCUT2D eigenvalue weighted by atomic mass is 19.1. The summed E-state index contributed by atoms with van der Waals surface area (Å²) < 4.78 is 16.6.